The number of nitrogens with zero attached hydrogens (tertiary/aromatic N) is 1. The number of halogens is 1. The standard InChI is InChI=1S/C14H12BrN3OS/c15-11-3-5-13(6-4-11)20(19)17-9-12-8-10-2-1-7-16-14(10)18-12/h1-8,17H,9H2,(H,16,18). The van der Waals surface area contributed by atoms with E-state index < -0.39 is 11.0 Å². The second kappa shape index (κ2) is 5.87. The molecule has 0 saturated carbocycles. The lowest BCUT2D eigenvalue weighted by Gasteiger charge is -2.03. The number of H-pyrrole nitrogens is 1. The van der Waals surface area contributed by atoms with Crippen LogP contribution in [0.2, 0.25) is 0 Å². The molecule has 0 bridgehead atoms. The van der Waals surface area contributed by atoms with E-state index >= 15 is 0 Å². The third kappa shape index (κ3) is 2.98. The minimum Gasteiger partial charge on any atom is -0.342 e. The minimum absolute atomic E-state index is 0.499. The Hall–Kier alpha value is -1.50. The molecular formula is C14H12BrN3OS. The smallest absolute Gasteiger partial charge is 0.137 e. The first kappa shape index (κ1) is 13.5. The Labute approximate surface area is 127 Å². The lowest BCUT2D eigenvalue weighted by Crippen LogP contribution is -2.16. The molecule has 20 heavy (non-hydrogen) atoms. The van der Waals surface area contributed by atoms with Gasteiger partial charge in [0.05, 0.1) is 4.90 Å². The minimum atomic E-state index is -1.23. The van der Waals surface area contributed by atoms with Crippen LogP contribution in [0.5, 0.6) is 0 Å². The topological polar surface area (TPSA) is 57.8 Å². The summed E-state index contributed by atoms with van der Waals surface area (Å²) < 4.78 is 16.1. The molecule has 102 valence electrons. The van der Waals surface area contributed by atoms with Crippen molar-refractivity contribution in [2.24, 2.45) is 0 Å². The number of hydrogen-bond donors (Lipinski definition) is 2. The second-order valence-corrected chi connectivity index (χ2v) is 6.49. The molecule has 0 aliphatic heterocycles. The van der Waals surface area contributed by atoms with Gasteiger partial charge in [-0.3, -0.25) is 0 Å². The molecule has 1 unspecified atom stereocenters. The highest BCUT2D eigenvalue weighted by Crippen LogP contribution is 2.14. The summed E-state index contributed by atoms with van der Waals surface area (Å²) in [5.41, 5.74) is 1.81. The van der Waals surface area contributed by atoms with Crippen molar-refractivity contribution in [1.29, 1.82) is 0 Å². The Bertz CT molecular complexity index is 721. The quantitative estimate of drug-likeness (QED) is 0.760. The van der Waals surface area contributed by atoms with E-state index in [0.717, 1.165) is 26.1 Å². The third-order valence-corrected chi connectivity index (χ3v) is 4.50. The first-order chi connectivity index (χ1) is 9.72. The summed E-state index contributed by atoms with van der Waals surface area (Å²) in [4.78, 5) is 8.18. The van der Waals surface area contributed by atoms with Gasteiger partial charge in [-0.15, -0.1) is 0 Å². The number of rotatable bonds is 4. The van der Waals surface area contributed by atoms with Crippen molar-refractivity contribution in [3.05, 3.63) is 58.8 Å². The third-order valence-electron chi connectivity index (χ3n) is 2.87. The van der Waals surface area contributed by atoms with Crippen molar-refractivity contribution in [2.75, 3.05) is 0 Å². The molecule has 2 aromatic heterocycles. The molecule has 0 radical (unpaired) electrons. The van der Waals surface area contributed by atoms with Crippen LogP contribution in [0.25, 0.3) is 11.0 Å². The fourth-order valence-electron chi connectivity index (χ4n) is 1.89. The average molecular weight is 350 g/mol. The maximum absolute atomic E-state index is 12.1. The van der Waals surface area contributed by atoms with Crippen LogP contribution in [0.4, 0.5) is 0 Å². The molecule has 0 spiro atoms. The largest absolute Gasteiger partial charge is 0.342 e. The van der Waals surface area contributed by atoms with Gasteiger partial charge in [-0.25, -0.2) is 13.9 Å². The summed E-state index contributed by atoms with van der Waals surface area (Å²) in [6.07, 6.45) is 1.75. The number of hydrogen-bond acceptors (Lipinski definition) is 2. The van der Waals surface area contributed by atoms with Gasteiger partial charge in [-0.1, -0.05) is 15.9 Å². The number of aromatic nitrogens is 2. The molecule has 0 aliphatic carbocycles. The second-order valence-electron chi connectivity index (χ2n) is 4.28. The Kier molecular flexibility index (Phi) is 3.95. The fourth-order valence-corrected chi connectivity index (χ4v) is 3.00. The van der Waals surface area contributed by atoms with Crippen LogP contribution in [0, 0.1) is 0 Å². The highest BCUT2D eigenvalue weighted by molar-refractivity contribution is 9.10. The molecule has 1 aromatic carbocycles. The van der Waals surface area contributed by atoms with Crippen molar-refractivity contribution in [1.82, 2.24) is 14.7 Å². The van der Waals surface area contributed by atoms with Crippen molar-refractivity contribution < 1.29 is 4.21 Å². The summed E-state index contributed by atoms with van der Waals surface area (Å²) in [7, 11) is -1.23. The van der Waals surface area contributed by atoms with Crippen molar-refractivity contribution in [2.45, 2.75) is 11.4 Å². The van der Waals surface area contributed by atoms with E-state index in [1.54, 1.807) is 6.20 Å². The lowest BCUT2D eigenvalue weighted by atomic mass is 10.3. The van der Waals surface area contributed by atoms with Crippen LogP contribution in [-0.2, 0) is 17.5 Å². The number of fused-ring (bicyclic) bond motifs is 1. The molecule has 3 rings (SSSR count). The van der Waals surface area contributed by atoms with Gasteiger partial charge in [0, 0.05) is 28.3 Å². The monoisotopic (exact) mass is 349 g/mol. The number of nitrogens with one attached hydrogen (secondary N) is 2. The summed E-state index contributed by atoms with van der Waals surface area (Å²) in [5.74, 6) is 0. The van der Waals surface area contributed by atoms with Crippen LogP contribution in [0.3, 0.4) is 0 Å². The molecule has 4 nitrogen and oxygen atoms in total. The van der Waals surface area contributed by atoms with Crippen LogP contribution in [-0.4, -0.2) is 14.2 Å². The van der Waals surface area contributed by atoms with E-state index in [0.29, 0.717) is 6.54 Å². The first-order valence-electron chi connectivity index (χ1n) is 6.06. The molecular weight excluding hydrogens is 338 g/mol. The van der Waals surface area contributed by atoms with Gasteiger partial charge in [0.2, 0.25) is 0 Å². The van der Waals surface area contributed by atoms with Crippen molar-refractivity contribution >= 4 is 37.9 Å². The first-order valence-corrected chi connectivity index (χ1v) is 8.00. The fraction of sp³-hybridized carbons (Fsp3) is 0.0714. The number of benzene rings is 1. The molecule has 2 N–H and O–H groups in total. The van der Waals surface area contributed by atoms with E-state index in [1.165, 1.54) is 0 Å². The molecule has 3 aromatic rings. The maximum Gasteiger partial charge on any atom is 0.137 e. The summed E-state index contributed by atoms with van der Waals surface area (Å²) >= 11 is 3.36. The van der Waals surface area contributed by atoms with Gasteiger partial charge in [0.25, 0.3) is 0 Å². The molecule has 6 heteroatoms. The highest BCUT2D eigenvalue weighted by atomic mass is 79.9. The average Bonchev–Trinajstić information content (AvgIpc) is 2.88. The Morgan fingerprint density at radius 3 is 2.80 bits per heavy atom. The number of pyridine rings is 1. The van der Waals surface area contributed by atoms with Crippen molar-refractivity contribution in [3.63, 3.8) is 0 Å². The molecule has 2 heterocycles. The van der Waals surface area contributed by atoms with E-state index in [9.17, 15) is 4.21 Å². The van der Waals surface area contributed by atoms with Gasteiger partial charge >= 0.3 is 0 Å². The molecule has 0 saturated heterocycles. The zero-order chi connectivity index (χ0) is 13.9. The van der Waals surface area contributed by atoms with Gasteiger partial charge in [0.1, 0.15) is 16.6 Å². The SMILES string of the molecule is O=S(NCc1cc2cccnc2[nH]1)c1ccc(Br)cc1. The molecule has 0 aliphatic rings. The normalized spacial score (nSPS) is 12.7. The highest BCUT2D eigenvalue weighted by Gasteiger charge is 2.05. The molecule has 0 fully saturated rings. The van der Waals surface area contributed by atoms with E-state index in [2.05, 4.69) is 30.6 Å². The van der Waals surface area contributed by atoms with Gasteiger partial charge in [-0.05, 0) is 42.5 Å². The molecule has 1 atom stereocenters. The Balaban J connectivity index is 1.69. The van der Waals surface area contributed by atoms with Crippen LogP contribution >= 0.6 is 15.9 Å². The Morgan fingerprint density at radius 2 is 2.05 bits per heavy atom. The van der Waals surface area contributed by atoms with Gasteiger partial charge < -0.3 is 4.98 Å². The predicted octanol–water partition coefficient (Wildman–Crippen LogP) is 3.14. The molecule has 0 amide bonds. The summed E-state index contributed by atoms with van der Waals surface area (Å²) in [6.45, 7) is 0.499. The predicted molar refractivity (Wildman–Crippen MR) is 83.5 cm³/mol. The van der Waals surface area contributed by atoms with E-state index in [-0.39, 0.29) is 0 Å². The number of aromatic amines is 1. The summed E-state index contributed by atoms with van der Waals surface area (Å²) in [6, 6.07) is 13.3. The van der Waals surface area contributed by atoms with E-state index in [1.807, 2.05) is 42.5 Å². The van der Waals surface area contributed by atoms with Crippen molar-refractivity contribution in [3.8, 4) is 0 Å². The van der Waals surface area contributed by atoms with Gasteiger partial charge in [0.15, 0.2) is 0 Å². The van der Waals surface area contributed by atoms with Crippen LogP contribution in [0.15, 0.2) is 58.0 Å². The van der Waals surface area contributed by atoms with E-state index in [4.69, 9.17) is 0 Å². The van der Waals surface area contributed by atoms with Gasteiger partial charge in [-0.2, -0.15) is 0 Å². The maximum atomic E-state index is 12.1. The lowest BCUT2D eigenvalue weighted by molar-refractivity contribution is 0.671. The van der Waals surface area contributed by atoms with Crippen LogP contribution < -0.4 is 4.72 Å². The summed E-state index contributed by atoms with van der Waals surface area (Å²) in [5, 5.41) is 1.05. The zero-order valence-electron chi connectivity index (χ0n) is 10.5. The zero-order valence-corrected chi connectivity index (χ0v) is 12.9. The van der Waals surface area contributed by atoms with Crippen LogP contribution in [0.1, 0.15) is 5.69 Å². The Morgan fingerprint density at radius 1 is 1.25 bits per heavy atom.